The molecule has 0 spiro atoms. The van der Waals surface area contributed by atoms with Crippen molar-refractivity contribution in [1.29, 1.82) is 0 Å². The number of rotatable bonds is 2. The molecule has 2 aromatic heterocycles. The maximum atomic E-state index is 4.34. The molecule has 3 aromatic rings. The Labute approximate surface area is 98.9 Å². The minimum atomic E-state index is 0.906. The lowest BCUT2D eigenvalue weighted by Gasteiger charge is -2.00. The van der Waals surface area contributed by atoms with Crippen LogP contribution in [0, 0.1) is 0 Å². The number of nitrogens with zero attached hydrogens (tertiary/aromatic N) is 3. The van der Waals surface area contributed by atoms with Gasteiger partial charge in [-0.3, -0.25) is 5.10 Å². The summed E-state index contributed by atoms with van der Waals surface area (Å²) in [6.07, 6.45) is 5.59. The van der Waals surface area contributed by atoms with Crippen molar-refractivity contribution in [1.82, 2.24) is 19.7 Å². The van der Waals surface area contributed by atoms with Crippen LogP contribution in [-0.2, 0) is 7.05 Å². The van der Waals surface area contributed by atoms with Crippen molar-refractivity contribution in [3.63, 3.8) is 0 Å². The van der Waals surface area contributed by atoms with E-state index in [1.807, 2.05) is 42.2 Å². The van der Waals surface area contributed by atoms with Crippen LogP contribution in [0.5, 0.6) is 0 Å². The number of benzene rings is 1. The monoisotopic (exact) mass is 224 g/mol. The van der Waals surface area contributed by atoms with E-state index in [2.05, 4.69) is 27.3 Å². The van der Waals surface area contributed by atoms with E-state index in [1.54, 1.807) is 6.33 Å². The molecule has 4 heteroatoms. The van der Waals surface area contributed by atoms with E-state index in [1.165, 1.54) is 0 Å². The highest BCUT2D eigenvalue weighted by Crippen LogP contribution is 2.28. The van der Waals surface area contributed by atoms with E-state index in [9.17, 15) is 0 Å². The van der Waals surface area contributed by atoms with Crippen LogP contribution in [0.2, 0.25) is 0 Å². The summed E-state index contributed by atoms with van der Waals surface area (Å²) in [5, 5.41) is 7.12. The second-order valence-corrected chi connectivity index (χ2v) is 3.95. The molecule has 0 saturated carbocycles. The minimum Gasteiger partial charge on any atom is -0.340 e. The van der Waals surface area contributed by atoms with Crippen molar-refractivity contribution in [2.24, 2.45) is 7.05 Å². The van der Waals surface area contributed by atoms with Crippen LogP contribution in [0.25, 0.3) is 22.5 Å². The van der Waals surface area contributed by atoms with Gasteiger partial charge in [-0.1, -0.05) is 30.3 Å². The smallest absolute Gasteiger partial charge is 0.107 e. The topological polar surface area (TPSA) is 46.5 Å². The maximum Gasteiger partial charge on any atom is 0.107 e. The Morgan fingerprint density at radius 3 is 2.71 bits per heavy atom. The molecular formula is C13H12N4. The Balaban J connectivity index is 2.12. The summed E-state index contributed by atoms with van der Waals surface area (Å²) in [7, 11) is 1.95. The van der Waals surface area contributed by atoms with Crippen molar-refractivity contribution in [3.05, 3.63) is 49.1 Å². The molecule has 1 N–H and O–H groups in total. The molecule has 0 radical (unpaired) electrons. The predicted molar refractivity (Wildman–Crippen MR) is 66.2 cm³/mol. The van der Waals surface area contributed by atoms with Crippen LogP contribution in [0.3, 0.4) is 0 Å². The molecule has 0 amide bonds. The Hall–Kier alpha value is -2.36. The normalized spacial score (nSPS) is 10.6. The summed E-state index contributed by atoms with van der Waals surface area (Å²) in [6.45, 7) is 0. The molecule has 0 saturated heterocycles. The van der Waals surface area contributed by atoms with Crippen LogP contribution in [0.4, 0.5) is 0 Å². The molecule has 3 rings (SSSR count). The van der Waals surface area contributed by atoms with Gasteiger partial charge >= 0.3 is 0 Å². The number of aryl methyl sites for hydroxylation is 1. The van der Waals surface area contributed by atoms with E-state index >= 15 is 0 Å². The minimum absolute atomic E-state index is 0.906. The summed E-state index contributed by atoms with van der Waals surface area (Å²) in [6, 6.07) is 10.2. The van der Waals surface area contributed by atoms with E-state index in [4.69, 9.17) is 0 Å². The van der Waals surface area contributed by atoms with Crippen molar-refractivity contribution in [3.8, 4) is 22.5 Å². The number of H-pyrrole nitrogens is 1. The molecule has 17 heavy (non-hydrogen) atoms. The van der Waals surface area contributed by atoms with Crippen LogP contribution in [0.15, 0.2) is 49.1 Å². The number of imidazole rings is 1. The van der Waals surface area contributed by atoms with Crippen LogP contribution >= 0.6 is 0 Å². The molecule has 0 aliphatic rings. The third-order valence-electron chi connectivity index (χ3n) is 2.69. The van der Waals surface area contributed by atoms with Gasteiger partial charge in [-0.05, 0) is 5.56 Å². The zero-order valence-electron chi connectivity index (χ0n) is 9.46. The number of aromatic amines is 1. The van der Waals surface area contributed by atoms with Gasteiger partial charge < -0.3 is 4.57 Å². The lowest BCUT2D eigenvalue weighted by molar-refractivity contribution is 0.913. The Morgan fingerprint density at radius 2 is 2.00 bits per heavy atom. The van der Waals surface area contributed by atoms with Gasteiger partial charge in [0.2, 0.25) is 0 Å². The molecule has 0 atom stereocenters. The third-order valence-corrected chi connectivity index (χ3v) is 2.69. The summed E-state index contributed by atoms with van der Waals surface area (Å²) >= 11 is 0. The highest BCUT2D eigenvalue weighted by Gasteiger charge is 2.11. The molecule has 0 aliphatic heterocycles. The van der Waals surface area contributed by atoms with Gasteiger partial charge in [0.1, 0.15) is 5.69 Å². The maximum absolute atomic E-state index is 4.34. The van der Waals surface area contributed by atoms with Crippen molar-refractivity contribution in [2.45, 2.75) is 0 Å². The van der Waals surface area contributed by atoms with Crippen LogP contribution < -0.4 is 0 Å². The van der Waals surface area contributed by atoms with Crippen molar-refractivity contribution in [2.75, 3.05) is 0 Å². The largest absolute Gasteiger partial charge is 0.340 e. The number of hydrogen-bond donors (Lipinski definition) is 1. The Bertz CT molecular complexity index is 622. The van der Waals surface area contributed by atoms with E-state index in [-0.39, 0.29) is 0 Å². The van der Waals surface area contributed by atoms with Gasteiger partial charge in [0.25, 0.3) is 0 Å². The fourth-order valence-corrected chi connectivity index (χ4v) is 1.86. The molecule has 84 valence electrons. The van der Waals surface area contributed by atoms with Crippen LogP contribution in [0.1, 0.15) is 0 Å². The summed E-state index contributed by atoms with van der Waals surface area (Å²) < 4.78 is 1.92. The molecular weight excluding hydrogens is 212 g/mol. The molecule has 0 bridgehead atoms. The average Bonchev–Trinajstić information content (AvgIpc) is 2.98. The molecule has 0 aliphatic carbocycles. The first kappa shape index (κ1) is 9.84. The molecule has 0 fully saturated rings. The zero-order valence-corrected chi connectivity index (χ0v) is 9.46. The van der Waals surface area contributed by atoms with Crippen molar-refractivity contribution >= 4 is 0 Å². The SMILES string of the molecule is Cn1cnc(-c2[nH]ncc2-c2ccccc2)c1. The second-order valence-electron chi connectivity index (χ2n) is 3.95. The van der Waals surface area contributed by atoms with Gasteiger partial charge in [0.05, 0.1) is 18.2 Å². The summed E-state index contributed by atoms with van der Waals surface area (Å²) in [5.41, 5.74) is 4.08. The first-order valence-electron chi connectivity index (χ1n) is 5.42. The number of aromatic nitrogens is 4. The Morgan fingerprint density at radius 1 is 1.18 bits per heavy atom. The third kappa shape index (κ3) is 1.73. The van der Waals surface area contributed by atoms with Gasteiger partial charge in [-0.2, -0.15) is 5.10 Å². The lowest BCUT2D eigenvalue weighted by Crippen LogP contribution is -1.82. The number of nitrogens with one attached hydrogen (secondary N) is 1. The fraction of sp³-hybridized carbons (Fsp3) is 0.0769. The molecule has 0 unspecified atom stereocenters. The van der Waals surface area contributed by atoms with Gasteiger partial charge in [0, 0.05) is 18.8 Å². The van der Waals surface area contributed by atoms with Crippen LogP contribution in [-0.4, -0.2) is 19.7 Å². The van der Waals surface area contributed by atoms with E-state index in [0.717, 1.165) is 22.5 Å². The van der Waals surface area contributed by atoms with Gasteiger partial charge in [0.15, 0.2) is 0 Å². The fourth-order valence-electron chi connectivity index (χ4n) is 1.86. The van der Waals surface area contributed by atoms with E-state index in [0.29, 0.717) is 0 Å². The van der Waals surface area contributed by atoms with Gasteiger partial charge in [-0.25, -0.2) is 4.98 Å². The van der Waals surface area contributed by atoms with E-state index < -0.39 is 0 Å². The number of hydrogen-bond acceptors (Lipinski definition) is 2. The van der Waals surface area contributed by atoms with Gasteiger partial charge in [-0.15, -0.1) is 0 Å². The first-order valence-corrected chi connectivity index (χ1v) is 5.42. The highest BCUT2D eigenvalue weighted by atomic mass is 15.1. The Kier molecular flexibility index (Phi) is 2.26. The highest BCUT2D eigenvalue weighted by molar-refractivity contribution is 5.78. The summed E-state index contributed by atoms with van der Waals surface area (Å²) in [4.78, 5) is 4.34. The lowest BCUT2D eigenvalue weighted by atomic mass is 10.1. The second kappa shape index (κ2) is 3.90. The molecule has 4 nitrogen and oxygen atoms in total. The molecule has 2 heterocycles. The predicted octanol–water partition coefficient (Wildman–Crippen LogP) is 2.48. The zero-order chi connectivity index (χ0) is 11.7. The standard InChI is InChI=1S/C13H12N4/c1-17-8-12(14-9-17)13-11(7-15-16-13)10-5-3-2-4-6-10/h2-9H,1H3,(H,15,16). The average molecular weight is 224 g/mol. The quantitative estimate of drug-likeness (QED) is 0.726. The molecule has 1 aromatic carbocycles. The first-order chi connectivity index (χ1) is 8.34. The summed E-state index contributed by atoms with van der Waals surface area (Å²) in [5.74, 6) is 0. The van der Waals surface area contributed by atoms with Crippen molar-refractivity contribution < 1.29 is 0 Å².